The van der Waals surface area contributed by atoms with Gasteiger partial charge >= 0.3 is 0 Å². The molecule has 0 heterocycles. The number of carbonyl (C=O) groups is 1. The van der Waals surface area contributed by atoms with Crippen molar-refractivity contribution in [1.82, 2.24) is 5.32 Å². The third-order valence-electron chi connectivity index (χ3n) is 3.73. The zero-order valence-corrected chi connectivity index (χ0v) is 11.1. The zero-order valence-electron chi connectivity index (χ0n) is 11.1. The van der Waals surface area contributed by atoms with E-state index < -0.39 is 0 Å². The molecule has 3 heteroatoms. The topological polar surface area (TPSA) is 49.3 Å². The van der Waals surface area contributed by atoms with Crippen molar-refractivity contribution in [2.45, 2.75) is 12.5 Å². The lowest BCUT2D eigenvalue weighted by Crippen LogP contribution is -2.32. The van der Waals surface area contributed by atoms with Crippen LogP contribution in [0.5, 0.6) is 0 Å². The summed E-state index contributed by atoms with van der Waals surface area (Å²) in [5.74, 6) is 0.0981. The first-order chi connectivity index (χ1) is 9.76. The monoisotopic (exact) mass is 267 g/mol. The van der Waals surface area contributed by atoms with Crippen LogP contribution in [0.1, 0.15) is 16.8 Å². The summed E-state index contributed by atoms with van der Waals surface area (Å²) in [5, 5.41) is 14.3. The Morgan fingerprint density at radius 2 is 1.95 bits per heavy atom. The van der Waals surface area contributed by atoms with Crippen LogP contribution in [-0.4, -0.2) is 23.7 Å². The van der Waals surface area contributed by atoms with E-state index in [1.54, 1.807) is 0 Å². The van der Waals surface area contributed by atoms with Crippen LogP contribution >= 0.6 is 0 Å². The maximum Gasteiger partial charge on any atom is 0.251 e. The second kappa shape index (κ2) is 5.47. The molecule has 0 bridgehead atoms. The third kappa shape index (κ3) is 2.58. The molecule has 0 saturated carbocycles. The van der Waals surface area contributed by atoms with Crippen molar-refractivity contribution in [1.29, 1.82) is 0 Å². The summed E-state index contributed by atoms with van der Waals surface area (Å²) in [6, 6.07) is 13.7. The SMILES string of the molecule is O=C(N[C@@H]1C=C[C@H](CO)C1)c1ccc2ccccc2c1. The van der Waals surface area contributed by atoms with Crippen LogP contribution in [0, 0.1) is 5.92 Å². The van der Waals surface area contributed by atoms with Gasteiger partial charge < -0.3 is 10.4 Å². The Morgan fingerprint density at radius 1 is 1.15 bits per heavy atom. The Balaban J connectivity index is 1.74. The average Bonchev–Trinajstić information content (AvgIpc) is 2.94. The van der Waals surface area contributed by atoms with Crippen LogP contribution < -0.4 is 5.32 Å². The summed E-state index contributed by atoms with van der Waals surface area (Å²) < 4.78 is 0. The molecule has 0 aliphatic heterocycles. The number of carbonyl (C=O) groups excluding carboxylic acids is 1. The van der Waals surface area contributed by atoms with Crippen molar-refractivity contribution in [3.05, 3.63) is 60.2 Å². The first-order valence-corrected chi connectivity index (χ1v) is 6.85. The van der Waals surface area contributed by atoms with Crippen molar-refractivity contribution < 1.29 is 9.90 Å². The number of aliphatic hydroxyl groups excluding tert-OH is 1. The number of benzene rings is 2. The number of rotatable bonds is 3. The first-order valence-electron chi connectivity index (χ1n) is 6.85. The molecule has 0 fully saturated rings. The van der Waals surface area contributed by atoms with Gasteiger partial charge in [-0.05, 0) is 29.3 Å². The van der Waals surface area contributed by atoms with Crippen LogP contribution in [-0.2, 0) is 0 Å². The van der Waals surface area contributed by atoms with Crippen molar-refractivity contribution in [2.75, 3.05) is 6.61 Å². The number of hydrogen-bond donors (Lipinski definition) is 2. The van der Waals surface area contributed by atoms with E-state index in [0.717, 1.165) is 17.2 Å². The molecule has 1 aliphatic rings. The smallest absolute Gasteiger partial charge is 0.251 e. The lowest BCUT2D eigenvalue weighted by atomic mass is 10.1. The van der Waals surface area contributed by atoms with Gasteiger partial charge in [0.25, 0.3) is 5.91 Å². The molecule has 0 saturated heterocycles. The quantitative estimate of drug-likeness (QED) is 0.839. The maximum absolute atomic E-state index is 12.2. The molecule has 3 nitrogen and oxygen atoms in total. The lowest BCUT2D eigenvalue weighted by Gasteiger charge is -2.13. The van der Waals surface area contributed by atoms with E-state index in [1.165, 1.54) is 0 Å². The summed E-state index contributed by atoms with van der Waals surface area (Å²) >= 11 is 0. The number of aliphatic hydroxyl groups is 1. The molecule has 2 aromatic rings. The summed E-state index contributed by atoms with van der Waals surface area (Å²) in [6.45, 7) is 0.138. The summed E-state index contributed by atoms with van der Waals surface area (Å²) in [7, 11) is 0. The van der Waals surface area contributed by atoms with E-state index in [1.807, 2.05) is 54.6 Å². The molecule has 3 rings (SSSR count). The van der Waals surface area contributed by atoms with E-state index in [2.05, 4.69) is 5.32 Å². The van der Waals surface area contributed by atoms with Gasteiger partial charge in [-0.15, -0.1) is 0 Å². The highest BCUT2D eigenvalue weighted by Crippen LogP contribution is 2.19. The van der Waals surface area contributed by atoms with Gasteiger partial charge in [0.1, 0.15) is 0 Å². The van der Waals surface area contributed by atoms with Crippen LogP contribution in [0.4, 0.5) is 0 Å². The van der Waals surface area contributed by atoms with Crippen molar-refractivity contribution in [3.63, 3.8) is 0 Å². The standard InChI is InChI=1S/C17H17NO2/c19-11-12-5-8-16(9-12)18-17(20)15-7-6-13-3-1-2-4-14(13)10-15/h1-8,10,12,16,19H,9,11H2,(H,18,20)/t12-,16+/m0/s1. The van der Waals surface area contributed by atoms with Crippen molar-refractivity contribution >= 4 is 16.7 Å². The van der Waals surface area contributed by atoms with Crippen LogP contribution in [0.15, 0.2) is 54.6 Å². The van der Waals surface area contributed by atoms with E-state index in [9.17, 15) is 4.79 Å². The van der Waals surface area contributed by atoms with Gasteiger partial charge in [-0.1, -0.05) is 42.5 Å². The van der Waals surface area contributed by atoms with E-state index in [4.69, 9.17) is 5.11 Å². The number of hydrogen-bond acceptors (Lipinski definition) is 2. The van der Waals surface area contributed by atoms with Gasteiger partial charge in [0.15, 0.2) is 0 Å². The zero-order chi connectivity index (χ0) is 13.9. The Hall–Kier alpha value is -2.13. The maximum atomic E-state index is 12.2. The molecule has 0 radical (unpaired) electrons. The van der Waals surface area contributed by atoms with Gasteiger partial charge in [0.2, 0.25) is 0 Å². The number of fused-ring (bicyclic) bond motifs is 1. The highest BCUT2D eigenvalue weighted by atomic mass is 16.3. The first kappa shape index (κ1) is 12.9. The predicted molar refractivity (Wildman–Crippen MR) is 79.5 cm³/mol. The van der Waals surface area contributed by atoms with Gasteiger partial charge in [-0.25, -0.2) is 0 Å². The fourth-order valence-corrected chi connectivity index (χ4v) is 2.60. The van der Waals surface area contributed by atoms with Gasteiger partial charge in [-0.3, -0.25) is 4.79 Å². The van der Waals surface area contributed by atoms with E-state index >= 15 is 0 Å². The molecule has 2 aromatic carbocycles. The van der Waals surface area contributed by atoms with Gasteiger partial charge in [-0.2, -0.15) is 0 Å². The fraction of sp³-hybridized carbons (Fsp3) is 0.235. The Morgan fingerprint density at radius 3 is 2.70 bits per heavy atom. The summed E-state index contributed by atoms with van der Waals surface area (Å²) in [5.41, 5.74) is 0.671. The largest absolute Gasteiger partial charge is 0.396 e. The predicted octanol–water partition coefficient (Wildman–Crippen LogP) is 2.51. The van der Waals surface area contributed by atoms with Gasteiger partial charge in [0, 0.05) is 24.1 Å². The Labute approximate surface area is 117 Å². The Bertz CT molecular complexity index is 663. The van der Waals surface area contributed by atoms with Gasteiger partial charge in [0.05, 0.1) is 0 Å². The van der Waals surface area contributed by atoms with Crippen molar-refractivity contribution in [3.8, 4) is 0 Å². The molecule has 2 N–H and O–H groups in total. The van der Waals surface area contributed by atoms with E-state index in [-0.39, 0.29) is 24.5 Å². The molecule has 1 aliphatic carbocycles. The Kier molecular flexibility index (Phi) is 3.52. The normalized spacial score (nSPS) is 21.2. The molecule has 0 aromatic heterocycles. The van der Waals surface area contributed by atoms with Crippen molar-refractivity contribution in [2.24, 2.45) is 5.92 Å². The van der Waals surface area contributed by atoms with Crippen LogP contribution in [0.25, 0.3) is 10.8 Å². The molecular formula is C17H17NO2. The minimum Gasteiger partial charge on any atom is -0.396 e. The number of nitrogens with one attached hydrogen (secondary N) is 1. The molecule has 1 amide bonds. The lowest BCUT2D eigenvalue weighted by molar-refractivity contribution is 0.0941. The minimum absolute atomic E-state index is 0.0196. The van der Waals surface area contributed by atoms with Crippen LogP contribution in [0.3, 0.4) is 0 Å². The third-order valence-corrected chi connectivity index (χ3v) is 3.73. The average molecular weight is 267 g/mol. The fourth-order valence-electron chi connectivity index (χ4n) is 2.60. The summed E-state index contributed by atoms with van der Waals surface area (Å²) in [6.07, 6.45) is 4.70. The molecule has 102 valence electrons. The summed E-state index contributed by atoms with van der Waals surface area (Å²) in [4.78, 5) is 12.2. The molecule has 2 atom stereocenters. The van der Waals surface area contributed by atoms with Crippen LogP contribution in [0.2, 0.25) is 0 Å². The molecule has 0 spiro atoms. The molecular weight excluding hydrogens is 250 g/mol. The minimum atomic E-state index is -0.0657. The second-order valence-electron chi connectivity index (χ2n) is 5.21. The van der Waals surface area contributed by atoms with E-state index in [0.29, 0.717) is 5.56 Å². The highest BCUT2D eigenvalue weighted by Gasteiger charge is 2.20. The second-order valence-corrected chi connectivity index (χ2v) is 5.21. The highest BCUT2D eigenvalue weighted by molar-refractivity contribution is 5.98. The molecule has 20 heavy (non-hydrogen) atoms. The number of amides is 1. The molecule has 0 unspecified atom stereocenters.